The second-order valence-corrected chi connectivity index (χ2v) is 34.9. The van der Waals surface area contributed by atoms with E-state index in [-0.39, 0.29) is 61.9 Å². The first-order valence-electron chi connectivity index (χ1n) is 49.0. The summed E-state index contributed by atoms with van der Waals surface area (Å²) >= 11 is 0. The Bertz CT molecular complexity index is 3350. The highest BCUT2D eigenvalue weighted by atomic mass is 16.9. The van der Waals surface area contributed by atoms with Gasteiger partial charge in [-0.3, -0.25) is 38.5 Å². The van der Waals surface area contributed by atoms with Gasteiger partial charge in [0.15, 0.2) is 26.1 Å². The molecule has 7 aliphatic heterocycles. The van der Waals surface area contributed by atoms with Crippen molar-refractivity contribution in [2.75, 3.05) is 310 Å². The van der Waals surface area contributed by atoms with E-state index in [1.165, 1.54) is 6.40 Å². The fraction of sp³-hybridized carbons (Fsp3) is 0.879. The molecule has 0 aromatic carbocycles. The molecule has 19 N–H and O–H groups in total. The van der Waals surface area contributed by atoms with Crippen LogP contribution in [0, 0.1) is 23.7 Å². The summed E-state index contributed by atoms with van der Waals surface area (Å²) < 4.78 is 146. The predicted octanol–water partition coefficient (Wildman–Crippen LogP) is -2.91. The number of hydrogen-bond donors (Lipinski definition) is 17. The van der Waals surface area contributed by atoms with Crippen LogP contribution in [0.2, 0.25) is 0 Å². The number of hydrogen-bond acceptors (Lipinski definition) is 48. The minimum atomic E-state index is -1.94. The SMILES string of the molecule is CC(C)(C)OC(=O)NOCC(=O)O.CC12COC(CCCOCCOCCOCCOCCN)(OC1)OC2.CC12COC(CCCOCCOCCOCCOCCNC(=O)CONC(=O)OC(C)(C)C)(OC1)OC2.CCC1O[C@H](OCC(O)[C@@H](O)[C@@H](O)C(O)/C=N/OCC(=O)NCCOCCOCCOCCOCCCC(=O)O)C(O)[C@H](O)[C@@H]1O.NOCC(=O)NCCOCCOCCOCCOCCCC(=O)O.[2H]C#C. The predicted molar refractivity (Wildman–Crippen MR) is 510 cm³/mol. The molecule has 0 aliphatic carbocycles. The minimum absolute atomic E-state index is 0.0107. The maximum Gasteiger partial charge on any atom is 0.431 e. The molecule has 0 radical (unpaired) electrons. The summed E-state index contributed by atoms with van der Waals surface area (Å²) in [6.45, 7) is 33.6. The number of nitrogens with two attached hydrogens (primary N) is 2. The van der Waals surface area contributed by atoms with E-state index in [2.05, 4.69) is 51.1 Å². The van der Waals surface area contributed by atoms with Gasteiger partial charge in [-0.2, -0.15) is 11.0 Å². The van der Waals surface area contributed by atoms with E-state index in [1.54, 1.807) is 48.5 Å². The molecule has 147 heavy (non-hydrogen) atoms. The van der Waals surface area contributed by atoms with Crippen LogP contribution in [0.4, 0.5) is 9.59 Å². The second kappa shape index (κ2) is 88.4. The number of rotatable bonds is 82. The molecule has 9 atom stereocenters. The Morgan fingerprint density at radius 3 is 1.05 bits per heavy atom. The maximum absolute atomic E-state index is 11.8. The van der Waals surface area contributed by atoms with Crippen LogP contribution in [-0.2, 0) is 171 Å². The zero-order valence-electron chi connectivity index (χ0n) is 87.5. The first-order valence-corrected chi connectivity index (χ1v) is 48.5. The first kappa shape index (κ1) is 138. The normalized spacial score (nSPS) is 21.1. The number of hydroxylamine groups is 2. The number of aliphatic carboxylic acids is 3. The van der Waals surface area contributed by atoms with Crippen LogP contribution in [0.3, 0.4) is 0 Å². The van der Waals surface area contributed by atoms with E-state index in [9.17, 15) is 74.1 Å². The Kier molecular flexibility index (Phi) is 83.0. The van der Waals surface area contributed by atoms with Gasteiger partial charge in [-0.25, -0.2) is 20.3 Å². The Morgan fingerprint density at radius 1 is 0.435 bits per heavy atom. The Labute approximate surface area is 860 Å². The van der Waals surface area contributed by atoms with Crippen molar-refractivity contribution in [3.05, 3.63) is 0 Å². The molecule has 7 aliphatic rings. The minimum Gasteiger partial charge on any atom is -0.481 e. The van der Waals surface area contributed by atoms with Crippen molar-refractivity contribution in [1.82, 2.24) is 26.9 Å². The molecule has 0 aromatic rings. The van der Waals surface area contributed by atoms with Crippen LogP contribution in [0.15, 0.2) is 5.16 Å². The molecule has 0 aromatic heterocycles. The lowest BCUT2D eigenvalue weighted by atomic mass is 9.91. The van der Waals surface area contributed by atoms with Crippen molar-refractivity contribution in [1.29, 1.82) is 0 Å². The highest BCUT2D eigenvalue weighted by molar-refractivity contribution is 5.78. The lowest BCUT2D eigenvalue weighted by Gasteiger charge is -2.50. The third kappa shape index (κ3) is 79.6. The number of carbonyl (C=O) groups is 8. The zero-order valence-corrected chi connectivity index (χ0v) is 86.5. The molecule has 4 bridgehead atoms. The van der Waals surface area contributed by atoms with Crippen LogP contribution in [0.25, 0.3) is 0 Å². The summed E-state index contributed by atoms with van der Waals surface area (Å²) in [4.78, 5) is 105. The van der Waals surface area contributed by atoms with Crippen molar-refractivity contribution in [3.8, 4) is 12.8 Å². The lowest BCUT2D eigenvalue weighted by molar-refractivity contribution is -0.468. The molecule has 0 spiro atoms. The summed E-state index contributed by atoms with van der Waals surface area (Å²) in [5.74, 6) is -1.05. The molecule has 4 unspecified atom stereocenters. The number of nitrogens with one attached hydrogen (secondary N) is 5. The Hall–Kier alpha value is -7.05. The van der Waals surface area contributed by atoms with Gasteiger partial charge in [0.1, 0.15) is 61.9 Å². The van der Waals surface area contributed by atoms with Gasteiger partial charge in [0, 0.05) is 89.1 Å². The number of oxime groups is 1. The lowest BCUT2D eigenvalue weighted by Crippen LogP contribution is -2.58. The topological polar surface area (TPSA) is 740 Å². The van der Waals surface area contributed by atoms with Crippen LogP contribution < -0.4 is 38.5 Å². The molecule has 56 heteroatoms. The number of ether oxygens (including phenoxy) is 26. The third-order valence-electron chi connectivity index (χ3n) is 19.0. The fourth-order valence-electron chi connectivity index (χ4n) is 11.5. The first-order chi connectivity index (χ1) is 70.7. The largest absolute Gasteiger partial charge is 0.481 e. The van der Waals surface area contributed by atoms with Gasteiger partial charge >= 0.3 is 30.1 Å². The molecule has 7 rings (SSSR count). The average Bonchev–Trinajstić information content (AvgIpc) is 0.777. The third-order valence-corrected chi connectivity index (χ3v) is 19.0. The van der Waals surface area contributed by atoms with E-state index < -0.39 is 134 Å². The van der Waals surface area contributed by atoms with Gasteiger partial charge in [0.25, 0.3) is 17.9 Å². The molecule has 7 fully saturated rings. The molecular formula is C91H170N8O48. The quantitative estimate of drug-likeness (QED) is 0.0126. The Morgan fingerprint density at radius 2 is 0.741 bits per heavy atom. The molecule has 7 saturated heterocycles. The van der Waals surface area contributed by atoms with E-state index in [4.69, 9.17) is 161 Å². The van der Waals surface area contributed by atoms with Crippen molar-refractivity contribution in [3.63, 3.8) is 0 Å². The summed E-state index contributed by atoms with van der Waals surface area (Å²) in [5.41, 5.74) is 7.90. The highest BCUT2D eigenvalue weighted by Gasteiger charge is 2.51. The molecule has 56 nitrogen and oxygen atoms in total. The van der Waals surface area contributed by atoms with E-state index in [0.717, 1.165) is 12.8 Å². The second-order valence-electron chi connectivity index (χ2n) is 34.9. The van der Waals surface area contributed by atoms with Gasteiger partial charge < -0.3 is 201 Å². The number of carbonyl (C=O) groups excluding carboxylic acids is 5. The summed E-state index contributed by atoms with van der Waals surface area (Å²) in [6, 6.07) is 0. The summed E-state index contributed by atoms with van der Waals surface area (Å²) in [7, 11) is 0. The highest BCUT2D eigenvalue weighted by Crippen LogP contribution is 2.41. The maximum atomic E-state index is 11.8. The number of nitrogens with zero attached hydrogens (tertiary/aromatic N) is 1. The van der Waals surface area contributed by atoms with Crippen LogP contribution in [-0.4, -0.2) is 494 Å². The number of aliphatic hydroxyl groups excluding tert-OH is 7. The van der Waals surface area contributed by atoms with E-state index in [0.29, 0.717) is 302 Å². The van der Waals surface area contributed by atoms with Crippen LogP contribution >= 0.6 is 0 Å². The zero-order chi connectivity index (χ0) is 110. The van der Waals surface area contributed by atoms with Gasteiger partial charge in [0.05, 0.1) is 244 Å². The van der Waals surface area contributed by atoms with Crippen molar-refractivity contribution < 1.29 is 233 Å². The monoisotopic (exact) mass is 2140 g/mol. The molecule has 7 heterocycles. The standard InChI is InChI=1S/C27H50N2O17.C24H44N2O11.C17H33NO7.C14H28N2O8.C7H13NO5.C2H2/c1-2-19-24(37)25(38)26(39)27(46-19)44-15-18(31)23(36)22(35)17(30)14-29-45-16-20(32)28-5-7-41-9-11-43-13-12-42-10-8-40-6-3-4-21(33)34;1-22(2,3)37-21(28)26-36-16-20(27)25-7-9-30-11-13-32-15-14-31-12-10-29-8-5-6-24-33-17-23(4,18-34-24)19-35-24;1-16-13-23-17(24-14-16,25-15-16)3-2-5-19-7-9-21-11-12-22-10-8-20-6-4-18;15-24-12-13(17)16-3-5-21-7-9-23-11-10-22-8-6-20-4-1-2-14(18)19;1-7(2,3)13-6(11)8-12-4-5(9)10;1-2/h14,17-19,22-27,30-31,35-39H,2-13,15-16H2,1H3,(H,28,32)(H,33,34);5-19H2,1-4H3,(H,25,27)(H,26,28);2-15,18H2,1H3;1-12,15H2,(H,16,17)(H,18,19);4H2,1-3H3,(H,8,11)(H,9,10);1-2H/b29-14+;;;;;/t17?,18?,19?,22-,23+,24+,25+,26?,27-;;;;;/m0...../s1/i;;;;;1D. The van der Waals surface area contributed by atoms with Gasteiger partial charge in [-0.05, 0) is 73.6 Å². The average molecular weight is 2150 g/mol. The van der Waals surface area contributed by atoms with E-state index >= 15 is 0 Å². The van der Waals surface area contributed by atoms with Crippen LogP contribution in [0.1, 0.15) is 121 Å². The van der Waals surface area contributed by atoms with E-state index in [1.807, 2.05) is 11.0 Å². The smallest absolute Gasteiger partial charge is 0.431 e. The number of fused-ring (bicyclic) bond motifs is 6. The van der Waals surface area contributed by atoms with Crippen LogP contribution in [0.5, 0.6) is 0 Å². The van der Waals surface area contributed by atoms with Gasteiger partial charge in [-0.1, -0.05) is 25.9 Å². The molecular weight excluding hydrogens is 1970 g/mol. The number of terminal acetylenes is 1. The summed E-state index contributed by atoms with van der Waals surface area (Å²) in [5, 5.41) is 106. The van der Waals surface area contributed by atoms with Gasteiger partial charge in [0.2, 0.25) is 11.8 Å². The Balaban J connectivity index is 0.00000190. The summed E-state index contributed by atoms with van der Waals surface area (Å²) in [6.07, 6.45) is -4.95. The van der Waals surface area contributed by atoms with Crippen molar-refractivity contribution in [2.24, 2.45) is 27.6 Å². The number of aliphatic hydroxyl groups is 7. The van der Waals surface area contributed by atoms with Crippen molar-refractivity contribution >= 4 is 54.0 Å². The van der Waals surface area contributed by atoms with Gasteiger partial charge in [-0.15, -0.1) is 12.8 Å². The van der Waals surface area contributed by atoms with Crippen molar-refractivity contribution in [2.45, 2.75) is 198 Å². The number of amides is 5. The number of carboxylic acid groups (broad SMARTS) is 3. The molecule has 862 valence electrons. The number of carboxylic acids is 3. The molecule has 0 saturated carbocycles. The fourth-order valence-corrected chi connectivity index (χ4v) is 11.5. The molecule has 5 amide bonds.